The Bertz CT molecular complexity index is 398. The molecule has 0 unspecified atom stereocenters. The summed E-state index contributed by atoms with van der Waals surface area (Å²) < 4.78 is 1.68. The highest BCUT2D eigenvalue weighted by molar-refractivity contribution is 6.29. The van der Waals surface area contributed by atoms with Crippen LogP contribution in [-0.4, -0.2) is 9.55 Å². The van der Waals surface area contributed by atoms with Crippen molar-refractivity contribution in [3.63, 3.8) is 0 Å². The highest BCUT2D eigenvalue weighted by Crippen LogP contribution is 2.04. The van der Waals surface area contributed by atoms with Crippen LogP contribution in [0.1, 0.15) is 25.6 Å². The van der Waals surface area contributed by atoms with Crippen molar-refractivity contribution in [3.8, 4) is 0 Å². The van der Waals surface area contributed by atoms with Gasteiger partial charge < -0.3 is 0 Å². The Morgan fingerprint density at radius 3 is 3.00 bits per heavy atom. The lowest BCUT2D eigenvalue weighted by atomic mass is 10.3. The van der Waals surface area contributed by atoms with Crippen molar-refractivity contribution in [3.05, 3.63) is 40.1 Å². The number of allylic oxidation sites excluding steroid dienone is 1. The first-order valence-corrected chi connectivity index (χ1v) is 5.44. The third kappa shape index (κ3) is 3.20. The minimum Gasteiger partial charge on any atom is -0.297 e. The van der Waals surface area contributed by atoms with Crippen LogP contribution in [0.2, 0.25) is 5.15 Å². The Hall–Kier alpha value is -1.09. The minimum atomic E-state index is -0.0732. The summed E-state index contributed by atoms with van der Waals surface area (Å²) in [6.07, 6.45) is 4.36. The second kappa shape index (κ2) is 5.71. The van der Waals surface area contributed by atoms with Gasteiger partial charge in [0.1, 0.15) is 11.0 Å². The van der Waals surface area contributed by atoms with Crippen LogP contribution in [0.4, 0.5) is 0 Å². The van der Waals surface area contributed by atoms with Crippen LogP contribution in [0.15, 0.2) is 23.5 Å². The molecule has 4 heteroatoms. The van der Waals surface area contributed by atoms with E-state index in [1.165, 1.54) is 6.07 Å². The number of unbranched alkanes of at least 4 members (excludes halogenated alkanes) is 1. The van der Waals surface area contributed by atoms with E-state index in [1.807, 2.05) is 13.0 Å². The fraction of sp³-hybridized carbons (Fsp3) is 0.455. The molecule has 0 aliphatic carbocycles. The van der Waals surface area contributed by atoms with Crippen LogP contribution in [0.5, 0.6) is 0 Å². The normalized spacial score (nSPS) is 10.3. The quantitative estimate of drug-likeness (QED) is 0.439. The standard InChI is InChI=1S/C11H15ClN2O/c1-3-5-6-7-14-10(4-2)13-9(12)8-11(14)15/h3,8H,1,4-7H2,2H3. The first kappa shape index (κ1) is 12.0. The van der Waals surface area contributed by atoms with Gasteiger partial charge in [0.05, 0.1) is 0 Å². The molecule has 82 valence electrons. The number of halogens is 1. The van der Waals surface area contributed by atoms with Crippen LogP contribution in [-0.2, 0) is 13.0 Å². The zero-order chi connectivity index (χ0) is 11.3. The molecule has 0 aromatic carbocycles. The van der Waals surface area contributed by atoms with Crippen molar-refractivity contribution in [2.24, 2.45) is 0 Å². The zero-order valence-electron chi connectivity index (χ0n) is 8.87. The van der Waals surface area contributed by atoms with Gasteiger partial charge in [-0.05, 0) is 12.8 Å². The van der Waals surface area contributed by atoms with Crippen molar-refractivity contribution >= 4 is 11.6 Å². The maximum Gasteiger partial charge on any atom is 0.254 e. The Kier molecular flexibility index (Phi) is 4.56. The van der Waals surface area contributed by atoms with Gasteiger partial charge in [0.25, 0.3) is 5.56 Å². The summed E-state index contributed by atoms with van der Waals surface area (Å²) in [5.41, 5.74) is -0.0732. The first-order valence-electron chi connectivity index (χ1n) is 5.06. The van der Waals surface area contributed by atoms with Gasteiger partial charge in [-0.1, -0.05) is 24.6 Å². The highest BCUT2D eigenvalue weighted by Gasteiger charge is 2.05. The third-order valence-electron chi connectivity index (χ3n) is 2.16. The molecule has 0 aliphatic heterocycles. The van der Waals surface area contributed by atoms with Crippen LogP contribution in [0.25, 0.3) is 0 Å². The summed E-state index contributed by atoms with van der Waals surface area (Å²) in [5, 5.41) is 0.275. The second-order valence-corrected chi connectivity index (χ2v) is 3.66. The van der Waals surface area contributed by atoms with E-state index in [-0.39, 0.29) is 10.7 Å². The molecule has 1 rings (SSSR count). The van der Waals surface area contributed by atoms with Crippen molar-refractivity contribution in [1.82, 2.24) is 9.55 Å². The second-order valence-electron chi connectivity index (χ2n) is 3.27. The van der Waals surface area contributed by atoms with Crippen molar-refractivity contribution in [1.29, 1.82) is 0 Å². The van der Waals surface area contributed by atoms with Crippen LogP contribution >= 0.6 is 11.6 Å². The van der Waals surface area contributed by atoms with E-state index in [9.17, 15) is 4.79 Å². The van der Waals surface area contributed by atoms with Gasteiger partial charge >= 0.3 is 0 Å². The van der Waals surface area contributed by atoms with E-state index >= 15 is 0 Å². The van der Waals surface area contributed by atoms with Crippen LogP contribution in [0, 0.1) is 0 Å². The van der Waals surface area contributed by atoms with Crippen molar-refractivity contribution in [2.45, 2.75) is 32.7 Å². The van der Waals surface area contributed by atoms with Gasteiger partial charge in [-0.2, -0.15) is 0 Å². The molecule has 0 amide bonds. The van der Waals surface area contributed by atoms with E-state index in [1.54, 1.807) is 4.57 Å². The molecule has 0 bridgehead atoms. The van der Waals surface area contributed by atoms with Gasteiger partial charge in [0.15, 0.2) is 0 Å². The molecular formula is C11H15ClN2O. The molecule has 0 N–H and O–H groups in total. The fourth-order valence-electron chi connectivity index (χ4n) is 1.43. The Labute approximate surface area is 94.4 Å². The molecule has 1 heterocycles. The number of hydrogen-bond acceptors (Lipinski definition) is 2. The Morgan fingerprint density at radius 1 is 1.67 bits per heavy atom. The summed E-state index contributed by atoms with van der Waals surface area (Å²) in [6, 6.07) is 1.36. The van der Waals surface area contributed by atoms with E-state index in [0.29, 0.717) is 13.0 Å². The molecule has 0 saturated heterocycles. The van der Waals surface area contributed by atoms with Crippen molar-refractivity contribution < 1.29 is 0 Å². The largest absolute Gasteiger partial charge is 0.297 e. The topological polar surface area (TPSA) is 34.9 Å². The lowest BCUT2D eigenvalue weighted by Gasteiger charge is -2.09. The summed E-state index contributed by atoms with van der Waals surface area (Å²) in [7, 11) is 0. The number of aromatic nitrogens is 2. The first-order chi connectivity index (χ1) is 7.19. The molecule has 0 aliphatic rings. The molecular weight excluding hydrogens is 212 g/mol. The SMILES string of the molecule is C=CCCCn1c(CC)nc(Cl)cc1=O. The monoisotopic (exact) mass is 226 g/mol. The summed E-state index contributed by atoms with van der Waals surface area (Å²) >= 11 is 5.72. The van der Waals surface area contributed by atoms with Gasteiger partial charge in [-0.15, -0.1) is 6.58 Å². The molecule has 0 radical (unpaired) electrons. The van der Waals surface area contributed by atoms with Gasteiger partial charge in [0.2, 0.25) is 0 Å². The van der Waals surface area contributed by atoms with E-state index in [2.05, 4.69) is 11.6 Å². The zero-order valence-corrected chi connectivity index (χ0v) is 9.63. The molecule has 0 saturated carbocycles. The third-order valence-corrected chi connectivity index (χ3v) is 2.36. The average molecular weight is 227 g/mol. The van der Waals surface area contributed by atoms with Crippen molar-refractivity contribution in [2.75, 3.05) is 0 Å². The molecule has 1 aromatic heterocycles. The molecule has 3 nitrogen and oxygen atoms in total. The predicted molar refractivity (Wildman–Crippen MR) is 62.3 cm³/mol. The van der Waals surface area contributed by atoms with E-state index in [0.717, 1.165) is 18.7 Å². The molecule has 15 heavy (non-hydrogen) atoms. The fourth-order valence-corrected chi connectivity index (χ4v) is 1.62. The lowest BCUT2D eigenvalue weighted by Crippen LogP contribution is -2.24. The predicted octanol–water partition coefficient (Wildman–Crippen LogP) is 2.43. The molecule has 0 atom stereocenters. The highest BCUT2D eigenvalue weighted by atomic mass is 35.5. The summed E-state index contributed by atoms with van der Waals surface area (Å²) in [5.74, 6) is 0.747. The minimum absolute atomic E-state index is 0.0732. The Balaban J connectivity index is 2.94. The Morgan fingerprint density at radius 2 is 2.40 bits per heavy atom. The molecule has 1 aromatic rings. The average Bonchev–Trinajstić information content (AvgIpc) is 2.20. The van der Waals surface area contributed by atoms with Gasteiger partial charge in [-0.3, -0.25) is 9.36 Å². The number of hydrogen-bond donors (Lipinski definition) is 0. The maximum atomic E-state index is 11.6. The number of nitrogens with zero attached hydrogens (tertiary/aromatic N) is 2. The lowest BCUT2D eigenvalue weighted by molar-refractivity contribution is 0.585. The summed E-state index contributed by atoms with van der Waals surface area (Å²) in [4.78, 5) is 15.8. The molecule has 0 fully saturated rings. The van der Waals surface area contributed by atoms with Gasteiger partial charge in [-0.25, -0.2) is 4.98 Å². The molecule has 0 spiro atoms. The number of aryl methyl sites for hydroxylation is 1. The van der Waals surface area contributed by atoms with E-state index in [4.69, 9.17) is 11.6 Å². The van der Waals surface area contributed by atoms with Crippen LogP contribution in [0.3, 0.4) is 0 Å². The maximum absolute atomic E-state index is 11.6. The van der Waals surface area contributed by atoms with Gasteiger partial charge in [0, 0.05) is 19.0 Å². The smallest absolute Gasteiger partial charge is 0.254 e. The summed E-state index contributed by atoms with van der Waals surface area (Å²) in [6.45, 7) is 6.29. The van der Waals surface area contributed by atoms with E-state index < -0.39 is 0 Å². The number of rotatable bonds is 5. The van der Waals surface area contributed by atoms with Crippen LogP contribution < -0.4 is 5.56 Å².